The molecule has 2 aromatic carbocycles. The molecule has 0 aromatic heterocycles. The molecule has 0 atom stereocenters. The summed E-state index contributed by atoms with van der Waals surface area (Å²) in [5.41, 5.74) is 1.73. The van der Waals surface area contributed by atoms with Gasteiger partial charge in [-0.1, -0.05) is 58.4 Å². The highest BCUT2D eigenvalue weighted by Gasteiger charge is 2.04. The van der Waals surface area contributed by atoms with Crippen molar-refractivity contribution < 1.29 is 9.53 Å². The molecule has 0 aliphatic heterocycles. The van der Waals surface area contributed by atoms with E-state index in [1.165, 1.54) is 0 Å². The van der Waals surface area contributed by atoms with Crippen LogP contribution in [0, 0.1) is 0 Å². The van der Waals surface area contributed by atoms with Gasteiger partial charge in [-0.25, -0.2) is 0 Å². The van der Waals surface area contributed by atoms with Crippen LogP contribution in [0.1, 0.15) is 15.9 Å². The zero-order valence-corrected chi connectivity index (χ0v) is 11.4. The summed E-state index contributed by atoms with van der Waals surface area (Å²) >= 11 is 3.40. The Kier molecular flexibility index (Phi) is 4.67. The van der Waals surface area contributed by atoms with Gasteiger partial charge in [0.15, 0.2) is 5.78 Å². The van der Waals surface area contributed by atoms with Crippen molar-refractivity contribution in [2.24, 2.45) is 0 Å². The van der Waals surface area contributed by atoms with E-state index < -0.39 is 0 Å². The predicted octanol–water partition coefficient (Wildman–Crippen LogP) is 3.85. The van der Waals surface area contributed by atoms with E-state index in [0.29, 0.717) is 12.2 Å². The average Bonchev–Trinajstić information content (AvgIpc) is 2.40. The van der Waals surface area contributed by atoms with Crippen LogP contribution in [-0.2, 0) is 11.3 Å². The van der Waals surface area contributed by atoms with Crippen molar-refractivity contribution in [3.05, 3.63) is 70.2 Å². The van der Waals surface area contributed by atoms with Crippen LogP contribution in [0.15, 0.2) is 59.1 Å². The van der Waals surface area contributed by atoms with Gasteiger partial charge in [0, 0.05) is 10.0 Å². The third kappa shape index (κ3) is 3.79. The molecule has 0 bridgehead atoms. The molecule has 0 saturated heterocycles. The summed E-state index contributed by atoms with van der Waals surface area (Å²) in [7, 11) is 0. The number of halogens is 1. The van der Waals surface area contributed by atoms with Gasteiger partial charge in [-0.15, -0.1) is 0 Å². The number of carbonyl (C=O) groups is 1. The van der Waals surface area contributed by atoms with Crippen molar-refractivity contribution in [3.8, 4) is 0 Å². The fourth-order valence-electron chi connectivity index (χ4n) is 1.60. The molecule has 3 heteroatoms. The molecule has 2 rings (SSSR count). The first-order valence-corrected chi connectivity index (χ1v) is 6.45. The first kappa shape index (κ1) is 13.0. The summed E-state index contributed by atoms with van der Waals surface area (Å²) < 4.78 is 6.43. The molecule has 0 aliphatic rings. The van der Waals surface area contributed by atoms with Crippen molar-refractivity contribution in [2.45, 2.75) is 6.61 Å². The molecule has 0 heterocycles. The number of hydrogen-bond donors (Lipinski definition) is 0. The quantitative estimate of drug-likeness (QED) is 0.784. The summed E-state index contributed by atoms with van der Waals surface area (Å²) in [6.45, 7) is 0.550. The monoisotopic (exact) mass is 304 g/mol. The highest BCUT2D eigenvalue weighted by molar-refractivity contribution is 9.10. The third-order valence-corrected chi connectivity index (χ3v) is 2.98. The number of benzene rings is 2. The lowest BCUT2D eigenvalue weighted by Gasteiger charge is -2.04. The van der Waals surface area contributed by atoms with Gasteiger partial charge in [-0.3, -0.25) is 4.79 Å². The number of rotatable bonds is 5. The normalized spacial score (nSPS) is 10.3. The maximum absolute atomic E-state index is 11.8. The van der Waals surface area contributed by atoms with E-state index in [2.05, 4.69) is 15.9 Å². The molecule has 0 N–H and O–H groups in total. The molecule has 2 aromatic rings. The van der Waals surface area contributed by atoms with Crippen molar-refractivity contribution in [2.75, 3.05) is 6.61 Å². The Morgan fingerprint density at radius 3 is 2.56 bits per heavy atom. The van der Waals surface area contributed by atoms with Crippen molar-refractivity contribution in [3.63, 3.8) is 0 Å². The third-order valence-electron chi connectivity index (χ3n) is 2.49. The summed E-state index contributed by atoms with van der Waals surface area (Å²) in [4.78, 5) is 11.8. The Hall–Kier alpha value is -1.45. The highest BCUT2D eigenvalue weighted by atomic mass is 79.9. The van der Waals surface area contributed by atoms with Crippen LogP contribution in [0.2, 0.25) is 0 Å². The second kappa shape index (κ2) is 6.47. The second-order valence-electron chi connectivity index (χ2n) is 3.91. The van der Waals surface area contributed by atoms with E-state index in [1.54, 1.807) is 12.1 Å². The molecule has 92 valence electrons. The topological polar surface area (TPSA) is 26.3 Å². The largest absolute Gasteiger partial charge is 0.369 e. The Balaban J connectivity index is 1.84. The van der Waals surface area contributed by atoms with E-state index in [0.717, 1.165) is 10.0 Å². The van der Waals surface area contributed by atoms with Crippen LogP contribution in [0.3, 0.4) is 0 Å². The maximum Gasteiger partial charge on any atom is 0.188 e. The van der Waals surface area contributed by atoms with Gasteiger partial charge in [-0.2, -0.15) is 0 Å². The second-order valence-corrected chi connectivity index (χ2v) is 4.83. The maximum atomic E-state index is 11.8. The van der Waals surface area contributed by atoms with Gasteiger partial charge >= 0.3 is 0 Å². The minimum Gasteiger partial charge on any atom is -0.369 e. The van der Waals surface area contributed by atoms with E-state index in [-0.39, 0.29) is 12.4 Å². The zero-order chi connectivity index (χ0) is 12.8. The van der Waals surface area contributed by atoms with Gasteiger partial charge < -0.3 is 4.74 Å². The molecule has 0 spiro atoms. The van der Waals surface area contributed by atoms with Crippen LogP contribution in [0.5, 0.6) is 0 Å². The first-order valence-electron chi connectivity index (χ1n) is 5.66. The Morgan fingerprint density at radius 1 is 1.06 bits per heavy atom. The molecule has 0 fully saturated rings. The lowest BCUT2D eigenvalue weighted by molar-refractivity contribution is 0.0726. The Morgan fingerprint density at radius 2 is 1.83 bits per heavy atom. The molecule has 0 saturated carbocycles. The summed E-state index contributed by atoms with van der Waals surface area (Å²) in [5.74, 6) is 0.00518. The van der Waals surface area contributed by atoms with Crippen LogP contribution in [0.25, 0.3) is 0 Å². The first-order chi connectivity index (χ1) is 8.75. The van der Waals surface area contributed by atoms with Crippen molar-refractivity contribution in [1.29, 1.82) is 0 Å². The van der Waals surface area contributed by atoms with Crippen LogP contribution >= 0.6 is 15.9 Å². The molecule has 18 heavy (non-hydrogen) atoms. The lowest BCUT2D eigenvalue weighted by atomic mass is 10.1. The highest BCUT2D eigenvalue weighted by Crippen LogP contribution is 2.12. The standard InChI is InChI=1S/C15H13BrO2/c16-14-8-4-5-12(9-14)10-18-11-15(17)13-6-2-1-3-7-13/h1-9H,10-11H2. The fourth-order valence-corrected chi connectivity index (χ4v) is 2.04. The molecule has 2 nitrogen and oxygen atoms in total. The predicted molar refractivity (Wildman–Crippen MR) is 74.6 cm³/mol. The van der Waals surface area contributed by atoms with E-state index in [1.807, 2.05) is 42.5 Å². The van der Waals surface area contributed by atoms with Crippen LogP contribution < -0.4 is 0 Å². The number of hydrogen-bond acceptors (Lipinski definition) is 2. The SMILES string of the molecule is O=C(COCc1cccc(Br)c1)c1ccccc1. The lowest BCUT2D eigenvalue weighted by Crippen LogP contribution is -2.08. The minimum absolute atomic E-state index is 0.00518. The summed E-state index contributed by atoms with van der Waals surface area (Å²) in [6.07, 6.45) is 0. The van der Waals surface area contributed by atoms with Crippen LogP contribution in [-0.4, -0.2) is 12.4 Å². The number of ether oxygens (including phenoxy) is 1. The zero-order valence-electron chi connectivity index (χ0n) is 9.80. The smallest absolute Gasteiger partial charge is 0.188 e. The van der Waals surface area contributed by atoms with Gasteiger partial charge in [0.2, 0.25) is 0 Å². The molecule has 0 aliphatic carbocycles. The number of carbonyl (C=O) groups excluding carboxylic acids is 1. The summed E-state index contributed by atoms with van der Waals surface area (Å²) in [6, 6.07) is 17.0. The molecule has 0 amide bonds. The van der Waals surface area contributed by atoms with E-state index in [4.69, 9.17) is 4.74 Å². The molecule has 0 radical (unpaired) electrons. The fraction of sp³-hybridized carbons (Fsp3) is 0.133. The van der Waals surface area contributed by atoms with E-state index in [9.17, 15) is 4.79 Å². The van der Waals surface area contributed by atoms with Gasteiger partial charge in [0.25, 0.3) is 0 Å². The number of Topliss-reactive ketones (excluding diaryl/α,β-unsaturated/α-hetero) is 1. The Labute approximate surface area is 115 Å². The van der Waals surface area contributed by atoms with E-state index >= 15 is 0 Å². The number of ketones is 1. The van der Waals surface area contributed by atoms with Gasteiger partial charge in [-0.05, 0) is 17.7 Å². The van der Waals surface area contributed by atoms with Crippen LogP contribution in [0.4, 0.5) is 0 Å². The van der Waals surface area contributed by atoms with Gasteiger partial charge in [0.1, 0.15) is 6.61 Å². The Bertz CT molecular complexity index is 523. The van der Waals surface area contributed by atoms with Crippen molar-refractivity contribution >= 4 is 21.7 Å². The average molecular weight is 305 g/mol. The van der Waals surface area contributed by atoms with Crippen molar-refractivity contribution in [1.82, 2.24) is 0 Å². The molecular weight excluding hydrogens is 292 g/mol. The summed E-state index contributed by atoms with van der Waals surface area (Å²) in [5, 5.41) is 0. The minimum atomic E-state index is 0.00518. The van der Waals surface area contributed by atoms with Gasteiger partial charge in [0.05, 0.1) is 6.61 Å². The molecular formula is C15H13BrO2. The molecule has 0 unspecified atom stereocenters.